The Morgan fingerprint density at radius 3 is 2.65 bits per heavy atom. The van der Waals surface area contributed by atoms with Crippen molar-refractivity contribution in [2.45, 2.75) is 6.42 Å². The second-order valence-corrected chi connectivity index (χ2v) is 3.08. The highest BCUT2D eigenvalue weighted by Gasteiger charge is 2.18. The third-order valence-corrected chi connectivity index (χ3v) is 1.85. The maximum Gasteiger partial charge on any atom is 0.277 e. The van der Waals surface area contributed by atoms with Gasteiger partial charge in [0.2, 0.25) is 0 Å². The fourth-order valence-corrected chi connectivity index (χ4v) is 1.01. The van der Waals surface area contributed by atoms with E-state index in [0.29, 0.717) is 6.07 Å². The van der Waals surface area contributed by atoms with Gasteiger partial charge in [0.15, 0.2) is 17.5 Å². The van der Waals surface area contributed by atoms with Crippen molar-refractivity contribution in [3.63, 3.8) is 0 Å². The van der Waals surface area contributed by atoms with E-state index in [0.717, 1.165) is 6.07 Å². The maximum absolute atomic E-state index is 13.1. The monoisotopic (exact) mass is 249 g/mol. The zero-order valence-corrected chi connectivity index (χ0v) is 8.67. The van der Waals surface area contributed by atoms with E-state index in [4.69, 9.17) is 5.11 Å². The average molecular weight is 249 g/mol. The lowest BCUT2D eigenvalue weighted by atomic mass is 10.2. The Bertz CT molecular complexity index is 412. The first kappa shape index (κ1) is 13.5. The van der Waals surface area contributed by atoms with Gasteiger partial charge in [0.1, 0.15) is 0 Å². The van der Waals surface area contributed by atoms with Gasteiger partial charge in [0.05, 0.1) is 12.2 Å². The van der Waals surface area contributed by atoms with Gasteiger partial charge in [0, 0.05) is 6.61 Å². The molecule has 0 aliphatic heterocycles. The van der Waals surface area contributed by atoms with Crippen LogP contribution < -0.4 is 5.48 Å². The van der Waals surface area contributed by atoms with Gasteiger partial charge < -0.3 is 5.11 Å². The normalized spacial score (nSPS) is 10.4. The summed E-state index contributed by atoms with van der Waals surface area (Å²) in [4.78, 5) is 15.8. The van der Waals surface area contributed by atoms with Crippen LogP contribution in [0.4, 0.5) is 13.2 Å². The third kappa shape index (κ3) is 3.43. The van der Waals surface area contributed by atoms with Crippen LogP contribution in [0.5, 0.6) is 0 Å². The number of benzene rings is 1. The summed E-state index contributed by atoms with van der Waals surface area (Å²) in [5.41, 5.74) is 1.18. The highest BCUT2D eigenvalue weighted by atomic mass is 19.2. The fraction of sp³-hybridized carbons (Fsp3) is 0.300. The largest absolute Gasteiger partial charge is 0.396 e. The number of aliphatic hydroxyl groups excluding tert-OH is 1. The fourth-order valence-electron chi connectivity index (χ4n) is 1.01. The number of rotatable bonds is 5. The molecule has 1 aromatic carbocycles. The summed E-state index contributed by atoms with van der Waals surface area (Å²) in [5, 5.41) is 8.42. The van der Waals surface area contributed by atoms with Crippen LogP contribution in [0.1, 0.15) is 16.8 Å². The van der Waals surface area contributed by atoms with E-state index < -0.39 is 28.9 Å². The first-order valence-electron chi connectivity index (χ1n) is 4.74. The van der Waals surface area contributed by atoms with Crippen LogP contribution in [-0.2, 0) is 4.84 Å². The standard InChI is InChI=1S/C10H10F3NO3/c11-7-3-2-6(8(12)9(7)13)10(16)14-17-5-1-4-15/h2-3,15H,1,4-5H2,(H,14,16). The van der Waals surface area contributed by atoms with Gasteiger partial charge in [0.25, 0.3) is 5.91 Å². The minimum absolute atomic E-state index is 0.0214. The van der Waals surface area contributed by atoms with E-state index in [1.807, 2.05) is 5.48 Å². The van der Waals surface area contributed by atoms with E-state index in [1.54, 1.807) is 0 Å². The van der Waals surface area contributed by atoms with E-state index in [-0.39, 0.29) is 19.6 Å². The Morgan fingerprint density at radius 2 is 2.00 bits per heavy atom. The number of halogens is 3. The van der Waals surface area contributed by atoms with Crippen molar-refractivity contribution >= 4 is 5.91 Å². The molecule has 2 N–H and O–H groups in total. The highest BCUT2D eigenvalue weighted by Crippen LogP contribution is 2.14. The summed E-state index contributed by atoms with van der Waals surface area (Å²) in [7, 11) is 0. The summed E-state index contributed by atoms with van der Waals surface area (Å²) >= 11 is 0. The minimum atomic E-state index is -1.71. The number of hydrogen-bond donors (Lipinski definition) is 2. The predicted octanol–water partition coefficient (Wildman–Crippen LogP) is 1.15. The van der Waals surface area contributed by atoms with Crippen LogP contribution in [0, 0.1) is 17.5 Å². The van der Waals surface area contributed by atoms with E-state index >= 15 is 0 Å². The van der Waals surface area contributed by atoms with E-state index in [2.05, 4.69) is 4.84 Å². The molecule has 1 rings (SSSR count). The minimum Gasteiger partial charge on any atom is -0.396 e. The van der Waals surface area contributed by atoms with Crippen molar-refractivity contribution in [2.24, 2.45) is 0 Å². The van der Waals surface area contributed by atoms with Gasteiger partial charge in [-0.3, -0.25) is 9.63 Å². The molecule has 0 saturated heterocycles. The van der Waals surface area contributed by atoms with Crippen LogP contribution in [0.25, 0.3) is 0 Å². The summed E-state index contributed by atoms with van der Waals surface area (Å²) in [6.45, 7) is -0.108. The molecule has 0 aliphatic rings. The number of carbonyl (C=O) groups is 1. The topological polar surface area (TPSA) is 58.6 Å². The van der Waals surface area contributed by atoms with Gasteiger partial charge in [-0.2, -0.15) is 0 Å². The first-order valence-corrected chi connectivity index (χ1v) is 4.74. The van der Waals surface area contributed by atoms with Gasteiger partial charge in [-0.25, -0.2) is 18.7 Å². The SMILES string of the molecule is O=C(NOCCCO)c1ccc(F)c(F)c1F. The van der Waals surface area contributed by atoms with Crippen molar-refractivity contribution in [2.75, 3.05) is 13.2 Å². The van der Waals surface area contributed by atoms with E-state index in [1.165, 1.54) is 0 Å². The summed E-state index contributed by atoms with van der Waals surface area (Å²) in [6, 6.07) is 1.44. The molecule has 4 nitrogen and oxygen atoms in total. The van der Waals surface area contributed by atoms with Crippen molar-refractivity contribution < 1.29 is 27.9 Å². The van der Waals surface area contributed by atoms with Gasteiger partial charge in [-0.05, 0) is 18.6 Å². The van der Waals surface area contributed by atoms with Crippen molar-refractivity contribution in [1.29, 1.82) is 0 Å². The van der Waals surface area contributed by atoms with Crippen LogP contribution in [0.3, 0.4) is 0 Å². The number of carbonyl (C=O) groups excluding carboxylic acids is 1. The quantitative estimate of drug-likeness (QED) is 0.467. The van der Waals surface area contributed by atoms with Crippen LogP contribution in [0.15, 0.2) is 12.1 Å². The molecule has 0 saturated carbocycles. The molecule has 1 amide bonds. The molecule has 0 bridgehead atoms. The molecule has 0 radical (unpaired) electrons. The molecule has 0 fully saturated rings. The van der Waals surface area contributed by atoms with Crippen LogP contribution >= 0.6 is 0 Å². The number of hydroxylamine groups is 1. The van der Waals surface area contributed by atoms with Gasteiger partial charge in [-0.15, -0.1) is 0 Å². The Morgan fingerprint density at radius 1 is 1.29 bits per heavy atom. The molecular formula is C10H10F3NO3. The second kappa shape index (κ2) is 6.21. The van der Waals surface area contributed by atoms with Crippen molar-refractivity contribution in [3.8, 4) is 0 Å². The molecule has 0 heterocycles. The zero-order valence-electron chi connectivity index (χ0n) is 8.67. The summed E-state index contributed by atoms with van der Waals surface area (Å²) in [6.07, 6.45) is 0.278. The number of aliphatic hydroxyl groups is 1. The Balaban J connectivity index is 2.66. The van der Waals surface area contributed by atoms with Gasteiger partial charge >= 0.3 is 0 Å². The summed E-state index contributed by atoms with van der Waals surface area (Å²) < 4.78 is 38.5. The number of amides is 1. The number of hydrogen-bond acceptors (Lipinski definition) is 3. The smallest absolute Gasteiger partial charge is 0.277 e. The lowest BCUT2D eigenvalue weighted by Gasteiger charge is -2.06. The molecule has 0 aromatic heterocycles. The van der Waals surface area contributed by atoms with Crippen molar-refractivity contribution in [1.82, 2.24) is 5.48 Å². The zero-order chi connectivity index (χ0) is 12.8. The molecule has 1 aromatic rings. The molecule has 0 unspecified atom stereocenters. The summed E-state index contributed by atoms with van der Waals surface area (Å²) in [5.74, 6) is -5.69. The Labute approximate surface area is 95.0 Å². The Kier molecular flexibility index (Phi) is 4.92. The molecule has 0 aliphatic carbocycles. The van der Waals surface area contributed by atoms with Gasteiger partial charge in [-0.1, -0.05) is 0 Å². The third-order valence-electron chi connectivity index (χ3n) is 1.85. The highest BCUT2D eigenvalue weighted by molar-refractivity contribution is 5.93. The van der Waals surface area contributed by atoms with Crippen LogP contribution in [-0.4, -0.2) is 24.2 Å². The molecular weight excluding hydrogens is 239 g/mol. The lowest BCUT2D eigenvalue weighted by Crippen LogP contribution is -2.26. The molecule has 0 atom stereocenters. The van der Waals surface area contributed by atoms with E-state index in [9.17, 15) is 18.0 Å². The molecule has 0 spiro atoms. The lowest BCUT2D eigenvalue weighted by molar-refractivity contribution is 0.0258. The second-order valence-electron chi connectivity index (χ2n) is 3.08. The molecule has 17 heavy (non-hydrogen) atoms. The predicted molar refractivity (Wildman–Crippen MR) is 51.4 cm³/mol. The molecule has 94 valence electrons. The average Bonchev–Trinajstić information content (AvgIpc) is 2.31. The Hall–Kier alpha value is -1.60. The van der Waals surface area contributed by atoms with Crippen LogP contribution in [0.2, 0.25) is 0 Å². The number of nitrogens with one attached hydrogen (secondary N) is 1. The van der Waals surface area contributed by atoms with Crippen molar-refractivity contribution in [3.05, 3.63) is 35.1 Å². The maximum atomic E-state index is 13.1. The molecule has 7 heteroatoms. The first-order chi connectivity index (χ1) is 8.07.